The fourth-order valence-electron chi connectivity index (χ4n) is 1.53. The summed E-state index contributed by atoms with van der Waals surface area (Å²) in [6.07, 6.45) is 0.408. The second kappa shape index (κ2) is 7.63. The number of phenolic OH excluding ortho intramolecular Hbond substituents is 2. The lowest BCUT2D eigenvalue weighted by molar-refractivity contribution is -0.121. The number of rotatable bonds is 7. The number of carbonyl (C=O) groups excluding carboxylic acids is 1. The van der Waals surface area contributed by atoms with Gasteiger partial charge in [0.25, 0.3) is 0 Å². The molecule has 0 bridgehead atoms. The second-order valence-corrected chi connectivity index (χ2v) is 4.94. The predicted octanol–water partition coefficient (Wildman–Crippen LogP) is 1.35. The first kappa shape index (κ1) is 15.3. The van der Waals surface area contributed by atoms with Crippen molar-refractivity contribution >= 4 is 5.91 Å². The smallest absolute Gasteiger partial charge is 0.221 e. The molecule has 19 heavy (non-hydrogen) atoms. The van der Waals surface area contributed by atoms with Gasteiger partial charge >= 0.3 is 0 Å². The van der Waals surface area contributed by atoms with E-state index >= 15 is 0 Å². The molecule has 0 unspecified atom stereocenters. The minimum Gasteiger partial charge on any atom is -0.508 e. The van der Waals surface area contributed by atoms with E-state index in [0.717, 1.165) is 0 Å². The Labute approximate surface area is 113 Å². The Hall–Kier alpha value is -1.75. The number of benzene rings is 1. The molecule has 1 amide bonds. The first-order chi connectivity index (χ1) is 8.99. The SMILES string of the molecule is CC(C)CNC(=O)CCNCc1ccc(O)cc1O. The van der Waals surface area contributed by atoms with Crippen LogP contribution >= 0.6 is 0 Å². The van der Waals surface area contributed by atoms with Crippen LogP contribution in [0.25, 0.3) is 0 Å². The van der Waals surface area contributed by atoms with Crippen LogP contribution in [0.4, 0.5) is 0 Å². The van der Waals surface area contributed by atoms with Crippen LogP contribution in [0, 0.1) is 5.92 Å². The fraction of sp³-hybridized carbons (Fsp3) is 0.500. The van der Waals surface area contributed by atoms with Gasteiger partial charge in [-0.1, -0.05) is 19.9 Å². The van der Waals surface area contributed by atoms with Crippen molar-refractivity contribution in [3.05, 3.63) is 23.8 Å². The van der Waals surface area contributed by atoms with Crippen LogP contribution in [0.5, 0.6) is 11.5 Å². The van der Waals surface area contributed by atoms with E-state index in [1.807, 2.05) is 13.8 Å². The molecular weight excluding hydrogens is 244 g/mol. The third kappa shape index (κ3) is 6.10. The van der Waals surface area contributed by atoms with Crippen LogP contribution in [-0.2, 0) is 11.3 Å². The van der Waals surface area contributed by atoms with E-state index in [1.54, 1.807) is 6.07 Å². The molecule has 4 N–H and O–H groups in total. The monoisotopic (exact) mass is 266 g/mol. The molecule has 1 aromatic carbocycles. The quantitative estimate of drug-likeness (QED) is 0.562. The van der Waals surface area contributed by atoms with Crippen molar-refractivity contribution in [1.29, 1.82) is 0 Å². The van der Waals surface area contributed by atoms with E-state index in [2.05, 4.69) is 10.6 Å². The zero-order chi connectivity index (χ0) is 14.3. The molecule has 5 heteroatoms. The Balaban J connectivity index is 2.22. The normalized spacial score (nSPS) is 10.7. The lowest BCUT2D eigenvalue weighted by atomic mass is 10.2. The van der Waals surface area contributed by atoms with Crippen molar-refractivity contribution in [1.82, 2.24) is 10.6 Å². The molecule has 0 saturated heterocycles. The van der Waals surface area contributed by atoms with Crippen LogP contribution in [0.3, 0.4) is 0 Å². The van der Waals surface area contributed by atoms with Crippen LogP contribution in [-0.4, -0.2) is 29.2 Å². The van der Waals surface area contributed by atoms with Crippen LogP contribution in [0.15, 0.2) is 18.2 Å². The molecule has 0 aliphatic carbocycles. The summed E-state index contributed by atoms with van der Waals surface area (Å²) in [6, 6.07) is 4.47. The fourth-order valence-corrected chi connectivity index (χ4v) is 1.53. The summed E-state index contributed by atoms with van der Waals surface area (Å²) in [6.45, 7) is 5.80. The van der Waals surface area contributed by atoms with Gasteiger partial charge in [0.15, 0.2) is 0 Å². The molecule has 1 aromatic rings. The van der Waals surface area contributed by atoms with E-state index in [9.17, 15) is 9.90 Å². The summed E-state index contributed by atoms with van der Waals surface area (Å²) in [5.74, 6) is 0.563. The molecule has 0 aliphatic rings. The van der Waals surface area contributed by atoms with Gasteiger partial charge in [0.05, 0.1) is 0 Å². The summed E-state index contributed by atoms with van der Waals surface area (Å²) >= 11 is 0. The Kier molecular flexibility index (Phi) is 6.15. The van der Waals surface area contributed by atoms with Gasteiger partial charge < -0.3 is 20.8 Å². The Morgan fingerprint density at radius 3 is 2.68 bits per heavy atom. The van der Waals surface area contributed by atoms with Crippen LogP contribution in [0.2, 0.25) is 0 Å². The van der Waals surface area contributed by atoms with Gasteiger partial charge in [-0.25, -0.2) is 0 Å². The number of aromatic hydroxyl groups is 2. The Bertz CT molecular complexity index is 419. The van der Waals surface area contributed by atoms with Gasteiger partial charge in [0.2, 0.25) is 5.91 Å². The topological polar surface area (TPSA) is 81.6 Å². The standard InChI is InChI=1S/C14H22N2O3/c1-10(2)8-16-14(19)5-6-15-9-11-3-4-12(17)7-13(11)18/h3-4,7,10,15,17-18H,5-6,8-9H2,1-2H3,(H,16,19). The van der Waals surface area contributed by atoms with Crippen LogP contribution in [0.1, 0.15) is 25.8 Å². The predicted molar refractivity (Wildman–Crippen MR) is 73.9 cm³/mol. The minimum atomic E-state index is 0.0242. The highest BCUT2D eigenvalue weighted by atomic mass is 16.3. The van der Waals surface area contributed by atoms with Crippen molar-refractivity contribution in [3.63, 3.8) is 0 Å². The lowest BCUT2D eigenvalue weighted by Crippen LogP contribution is -2.30. The maximum atomic E-state index is 11.4. The summed E-state index contributed by atoms with van der Waals surface area (Å²) in [7, 11) is 0. The zero-order valence-electron chi connectivity index (χ0n) is 11.4. The van der Waals surface area contributed by atoms with E-state index in [0.29, 0.717) is 37.5 Å². The van der Waals surface area contributed by atoms with Crippen LogP contribution < -0.4 is 10.6 Å². The highest BCUT2D eigenvalue weighted by Gasteiger charge is 2.04. The third-order valence-corrected chi connectivity index (χ3v) is 2.62. The van der Waals surface area contributed by atoms with Crippen molar-refractivity contribution in [2.45, 2.75) is 26.8 Å². The van der Waals surface area contributed by atoms with E-state index < -0.39 is 0 Å². The molecule has 5 nitrogen and oxygen atoms in total. The largest absolute Gasteiger partial charge is 0.508 e. The highest BCUT2D eigenvalue weighted by Crippen LogP contribution is 2.22. The highest BCUT2D eigenvalue weighted by molar-refractivity contribution is 5.76. The van der Waals surface area contributed by atoms with Gasteiger partial charge in [-0.2, -0.15) is 0 Å². The summed E-state index contributed by atoms with van der Waals surface area (Å²) in [5, 5.41) is 24.6. The molecule has 1 rings (SSSR count). The zero-order valence-corrected chi connectivity index (χ0v) is 11.4. The third-order valence-electron chi connectivity index (χ3n) is 2.62. The molecule has 0 aliphatic heterocycles. The number of amides is 1. The van der Waals surface area contributed by atoms with E-state index in [-0.39, 0.29) is 17.4 Å². The summed E-state index contributed by atoms with van der Waals surface area (Å²) < 4.78 is 0. The number of nitrogens with one attached hydrogen (secondary N) is 2. The van der Waals surface area contributed by atoms with Gasteiger partial charge in [-0.3, -0.25) is 4.79 Å². The lowest BCUT2D eigenvalue weighted by Gasteiger charge is -2.09. The molecule has 0 radical (unpaired) electrons. The van der Waals surface area contributed by atoms with Crippen molar-refractivity contribution in [2.24, 2.45) is 5.92 Å². The number of phenols is 2. The maximum absolute atomic E-state index is 11.4. The van der Waals surface area contributed by atoms with E-state index in [4.69, 9.17) is 5.11 Å². The molecule has 0 spiro atoms. The Morgan fingerprint density at radius 2 is 2.05 bits per heavy atom. The maximum Gasteiger partial charge on any atom is 0.221 e. The van der Waals surface area contributed by atoms with Gasteiger partial charge in [-0.05, 0) is 12.0 Å². The van der Waals surface area contributed by atoms with Crippen molar-refractivity contribution < 1.29 is 15.0 Å². The Morgan fingerprint density at radius 1 is 1.32 bits per heavy atom. The average Bonchev–Trinajstić information content (AvgIpc) is 2.34. The molecule has 0 heterocycles. The second-order valence-electron chi connectivity index (χ2n) is 4.94. The number of carbonyl (C=O) groups is 1. The summed E-state index contributed by atoms with van der Waals surface area (Å²) in [5.41, 5.74) is 0.695. The first-order valence-electron chi connectivity index (χ1n) is 6.47. The number of hydrogen-bond donors (Lipinski definition) is 4. The van der Waals surface area contributed by atoms with Gasteiger partial charge in [0, 0.05) is 37.7 Å². The molecular formula is C14H22N2O3. The van der Waals surface area contributed by atoms with Gasteiger partial charge in [0.1, 0.15) is 11.5 Å². The average molecular weight is 266 g/mol. The van der Waals surface area contributed by atoms with Gasteiger partial charge in [-0.15, -0.1) is 0 Å². The van der Waals surface area contributed by atoms with E-state index in [1.165, 1.54) is 12.1 Å². The van der Waals surface area contributed by atoms with Crippen molar-refractivity contribution in [3.8, 4) is 11.5 Å². The first-order valence-corrected chi connectivity index (χ1v) is 6.47. The molecule has 106 valence electrons. The molecule has 0 saturated carbocycles. The molecule has 0 fully saturated rings. The van der Waals surface area contributed by atoms with Crippen molar-refractivity contribution in [2.75, 3.05) is 13.1 Å². The number of hydrogen-bond acceptors (Lipinski definition) is 4. The minimum absolute atomic E-state index is 0.0242. The molecule has 0 aromatic heterocycles. The molecule has 0 atom stereocenters. The summed E-state index contributed by atoms with van der Waals surface area (Å²) in [4.78, 5) is 11.4.